The molecule has 2 fully saturated rings. The maximum absolute atomic E-state index is 14.8. The Morgan fingerprint density at radius 1 is 1.04 bits per heavy atom. The molecule has 0 amide bonds. The third kappa shape index (κ3) is 4.33. The van der Waals surface area contributed by atoms with E-state index in [1.807, 2.05) is 6.07 Å². The molecular weight excluding hydrogens is 331 g/mol. The minimum Gasteiger partial charge on any atom is -0.207 e. The Labute approximate surface area is 165 Å². The summed E-state index contributed by atoms with van der Waals surface area (Å²) in [7, 11) is 0. The molecule has 0 heterocycles. The van der Waals surface area contributed by atoms with Gasteiger partial charge in [0.05, 0.1) is 0 Å². The first-order chi connectivity index (χ1) is 13.1. The Morgan fingerprint density at radius 3 is 2.70 bits per heavy atom. The summed E-state index contributed by atoms with van der Waals surface area (Å²) in [5, 5.41) is 0. The fourth-order valence-electron chi connectivity index (χ4n) is 6.31. The third-order valence-electron chi connectivity index (χ3n) is 7.94. The van der Waals surface area contributed by atoms with Gasteiger partial charge in [-0.05, 0) is 123 Å². The van der Waals surface area contributed by atoms with Crippen molar-refractivity contribution in [2.45, 2.75) is 90.4 Å². The Kier molecular flexibility index (Phi) is 6.05. The number of allylic oxidation sites excluding steroid dienone is 2. The fourth-order valence-corrected chi connectivity index (χ4v) is 6.31. The molecule has 0 spiro atoms. The Morgan fingerprint density at radius 2 is 1.85 bits per heavy atom. The van der Waals surface area contributed by atoms with Crippen LogP contribution in [0.1, 0.15) is 94.2 Å². The van der Waals surface area contributed by atoms with E-state index in [1.54, 1.807) is 0 Å². The molecule has 0 radical (unpaired) electrons. The van der Waals surface area contributed by atoms with Crippen molar-refractivity contribution in [2.75, 3.05) is 0 Å². The van der Waals surface area contributed by atoms with Crippen LogP contribution in [0.3, 0.4) is 0 Å². The summed E-state index contributed by atoms with van der Waals surface area (Å²) < 4.78 is 14.8. The number of hydrogen-bond donors (Lipinski definition) is 0. The zero-order chi connectivity index (χ0) is 18.8. The molecule has 0 N–H and O–H groups in total. The van der Waals surface area contributed by atoms with Crippen LogP contribution in [0.15, 0.2) is 24.3 Å². The van der Waals surface area contributed by atoms with E-state index in [4.69, 9.17) is 0 Å². The molecule has 4 rings (SSSR count). The molecule has 1 heteroatoms. The lowest BCUT2D eigenvalue weighted by Gasteiger charge is -2.42. The van der Waals surface area contributed by atoms with E-state index >= 15 is 0 Å². The normalized spacial score (nSPS) is 33.7. The van der Waals surface area contributed by atoms with Crippen LogP contribution in [0.2, 0.25) is 0 Å². The van der Waals surface area contributed by atoms with Crippen molar-refractivity contribution in [3.05, 3.63) is 46.8 Å². The van der Waals surface area contributed by atoms with Crippen molar-refractivity contribution < 1.29 is 4.39 Å². The second-order valence-electron chi connectivity index (χ2n) is 9.84. The van der Waals surface area contributed by atoms with Crippen molar-refractivity contribution in [2.24, 2.45) is 23.7 Å². The highest BCUT2D eigenvalue weighted by Crippen LogP contribution is 2.48. The number of rotatable bonds is 4. The Balaban J connectivity index is 1.40. The number of aryl methyl sites for hydroxylation is 1. The molecule has 1 aromatic carbocycles. The summed E-state index contributed by atoms with van der Waals surface area (Å²) in [5.74, 6) is 4.10. The van der Waals surface area contributed by atoms with E-state index in [-0.39, 0.29) is 5.82 Å². The molecule has 2 saturated carbocycles. The standard InChI is InChI=1S/C26H37F/c1-3-4-5-6-19-8-10-21-15-22(12-11-20(21)14-19)24-16-23-9-7-18(2)13-25(23)26(27)17-24/h3-4,16-22H,5-15H2,1-2H3/b4-3+. The van der Waals surface area contributed by atoms with Crippen LogP contribution < -0.4 is 0 Å². The van der Waals surface area contributed by atoms with Gasteiger partial charge in [-0.3, -0.25) is 0 Å². The molecule has 3 aliphatic carbocycles. The zero-order valence-corrected chi connectivity index (χ0v) is 17.4. The van der Waals surface area contributed by atoms with Crippen LogP contribution in [-0.4, -0.2) is 0 Å². The van der Waals surface area contributed by atoms with Gasteiger partial charge in [0.1, 0.15) is 5.82 Å². The first kappa shape index (κ1) is 19.2. The van der Waals surface area contributed by atoms with Gasteiger partial charge in [0.2, 0.25) is 0 Å². The van der Waals surface area contributed by atoms with Crippen molar-refractivity contribution in [1.82, 2.24) is 0 Å². The van der Waals surface area contributed by atoms with Gasteiger partial charge >= 0.3 is 0 Å². The predicted octanol–water partition coefficient (Wildman–Crippen LogP) is 7.61. The first-order valence-electron chi connectivity index (χ1n) is 11.6. The highest BCUT2D eigenvalue weighted by atomic mass is 19.1. The molecule has 0 bridgehead atoms. The van der Waals surface area contributed by atoms with Crippen LogP contribution in [-0.2, 0) is 12.8 Å². The lowest BCUT2D eigenvalue weighted by Crippen LogP contribution is -2.30. The molecule has 27 heavy (non-hydrogen) atoms. The lowest BCUT2D eigenvalue weighted by molar-refractivity contribution is 0.115. The zero-order valence-electron chi connectivity index (χ0n) is 17.4. The van der Waals surface area contributed by atoms with E-state index in [0.717, 1.165) is 36.2 Å². The van der Waals surface area contributed by atoms with E-state index in [0.29, 0.717) is 11.8 Å². The van der Waals surface area contributed by atoms with E-state index < -0.39 is 0 Å². The van der Waals surface area contributed by atoms with Crippen molar-refractivity contribution in [3.63, 3.8) is 0 Å². The summed E-state index contributed by atoms with van der Waals surface area (Å²) in [6.45, 7) is 4.38. The third-order valence-corrected chi connectivity index (χ3v) is 7.94. The fraction of sp³-hybridized carbons (Fsp3) is 0.692. The highest BCUT2D eigenvalue weighted by molar-refractivity contribution is 5.37. The van der Waals surface area contributed by atoms with Crippen molar-refractivity contribution >= 4 is 0 Å². The first-order valence-corrected chi connectivity index (χ1v) is 11.6. The Hall–Kier alpha value is -1.11. The largest absolute Gasteiger partial charge is 0.207 e. The minimum absolute atomic E-state index is 0.0869. The van der Waals surface area contributed by atoms with Crippen LogP contribution >= 0.6 is 0 Å². The molecule has 0 nitrogen and oxygen atoms in total. The molecule has 5 unspecified atom stereocenters. The monoisotopic (exact) mass is 368 g/mol. The molecule has 148 valence electrons. The summed E-state index contributed by atoms with van der Waals surface area (Å²) in [5.41, 5.74) is 3.65. The molecule has 0 aliphatic heterocycles. The quantitative estimate of drug-likeness (QED) is 0.480. The molecule has 1 aromatic rings. The highest BCUT2D eigenvalue weighted by Gasteiger charge is 2.36. The maximum atomic E-state index is 14.8. The summed E-state index contributed by atoms with van der Waals surface area (Å²) in [4.78, 5) is 0. The van der Waals surface area contributed by atoms with Crippen LogP contribution in [0, 0.1) is 29.5 Å². The van der Waals surface area contributed by atoms with Crippen LogP contribution in [0.5, 0.6) is 0 Å². The van der Waals surface area contributed by atoms with E-state index in [1.165, 1.54) is 68.9 Å². The topological polar surface area (TPSA) is 0 Å². The smallest absolute Gasteiger partial charge is 0.126 e. The van der Waals surface area contributed by atoms with Gasteiger partial charge in [0.25, 0.3) is 0 Å². The molecule has 0 aromatic heterocycles. The van der Waals surface area contributed by atoms with E-state index in [2.05, 4.69) is 32.1 Å². The van der Waals surface area contributed by atoms with Gasteiger partial charge in [-0.15, -0.1) is 0 Å². The molecule has 3 aliphatic rings. The predicted molar refractivity (Wildman–Crippen MR) is 113 cm³/mol. The average Bonchev–Trinajstić information content (AvgIpc) is 2.68. The van der Waals surface area contributed by atoms with Gasteiger partial charge in [-0.2, -0.15) is 0 Å². The molecular formula is C26H37F. The van der Waals surface area contributed by atoms with Crippen LogP contribution in [0.25, 0.3) is 0 Å². The van der Waals surface area contributed by atoms with Gasteiger partial charge in [0, 0.05) is 0 Å². The minimum atomic E-state index is 0.0869. The number of hydrogen-bond acceptors (Lipinski definition) is 0. The van der Waals surface area contributed by atoms with Crippen LogP contribution in [0.4, 0.5) is 4.39 Å². The van der Waals surface area contributed by atoms with Crippen molar-refractivity contribution in [3.8, 4) is 0 Å². The molecule has 0 saturated heterocycles. The average molecular weight is 369 g/mol. The number of benzene rings is 1. The summed E-state index contributed by atoms with van der Waals surface area (Å²) in [6, 6.07) is 4.29. The van der Waals surface area contributed by atoms with Gasteiger partial charge in [-0.25, -0.2) is 4.39 Å². The summed E-state index contributed by atoms with van der Waals surface area (Å²) in [6.07, 6.45) is 18.6. The SMILES string of the molecule is C/C=C/CCC1CCC2CC(c3cc(F)c4c(c3)CCC(C)C4)CCC2C1. The lowest BCUT2D eigenvalue weighted by atomic mass is 9.63. The van der Waals surface area contributed by atoms with Gasteiger partial charge in [-0.1, -0.05) is 31.6 Å². The summed E-state index contributed by atoms with van der Waals surface area (Å²) >= 11 is 0. The second kappa shape index (κ2) is 8.50. The maximum Gasteiger partial charge on any atom is 0.126 e. The Bertz CT molecular complexity index is 673. The van der Waals surface area contributed by atoms with Crippen molar-refractivity contribution in [1.29, 1.82) is 0 Å². The van der Waals surface area contributed by atoms with E-state index in [9.17, 15) is 4.39 Å². The second-order valence-corrected chi connectivity index (χ2v) is 9.84. The number of fused-ring (bicyclic) bond motifs is 2. The van der Waals surface area contributed by atoms with Gasteiger partial charge < -0.3 is 0 Å². The van der Waals surface area contributed by atoms with Gasteiger partial charge in [0.15, 0.2) is 0 Å². The molecule has 5 atom stereocenters. The number of halogens is 1.